The number of likely N-dealkylation sites (N-methyl/N-ethyl adjacent to an activating group) is 1. The molecule has 0 aliphatic carbocycles. The molecule has 3 amide bonds. The van der Waals surface area contributed by atoms with E-state index in [0.717, 1.165) is 16.8 Å². The van der Waals surface area contributed by atoms with Gasteiger partial charge < -0.3 is 15.1 Å². The van der Waals surface area contributed by atoms with Gasteiger partial charge in [0.05, 0.1) is 6.42 Å². The Morgan fingerprint density at radius 1 is 1.11 bits per heavy atom. The molecule has 5 heteroatoms. The number of urea groups is 1. The molecule has 104 valence electrons. The van der Waals surface area contributed by atoms with Gasteiger partial charge in [0.2, 0.25) is 5.91 Å². The fourth-order valence-electron chi connectivity index (χ4n) is 1.47. The molecule has 0 aliphatic heterocycles. The third-order valence-electron chi connectivity index (χ3n) is 2.80. The van der Waals surface area contributed by atoms with Crippen molar-refractivity contribution >= 4 is 17.6 Å². The first-order valence-electron chi connectivity index (χ1n) is 6.09. The Balaban J connectivity index is 2.88. The second-order valence-electron chi connectivity index (χ2n) is 4.94. The smallest absolute Gasteiger partial charge is 0.321 e. The molecule has 0 bridgehead atoms. The molecule has 0 aromatic heterocycles. The van der Waals surface area contributed by atoms with Crippen molar-refractivity contribution in [1.29, 1.82) is 0 Å². The minimum Gasteiger partial charge on any atom is -0.349 e. The molecule has 0 aliphatic rings. The van der Waals surface area contributed by atoms with E-state index in [1.807, 2.05) is 25.1 Å². The zero-order valence-electron chi connectivity index (χ0n) is 12.2. The fraction of sp³-hybridized carbons (Fsp3) is 0.429. The zero-order chi connectivity index (χ0) is 14.6. The minimum absolute atomic E-state index is 0.0359. The number of carbonyl (C=O) groups excluding carboxylic acids is 2. The third-order valence-corrected chi connectivity index (χ3v) is 2.80. The van der Waals surface area contributed by atoms with E-state index in [1.54, 1.807) is 33.1 Å². The molecule has 0 spiro atoms. The van der Waals surface area contributed by atoms with Gasteiger partial charge in [-0.3, -0.25) is 4.79 Å². The lowest BCUT2D eigenvalue weighted by Crippen LogP contribution is -2.27. The van der Waals surface area contributed by atoms with E-state index in [2.05, 4.69) is 5.32 Å². The van der Waals surface area contributed by atoms with Gasteiger partial charge in [-0.05, 0) is 24.1 Å². The van der Waals surface area contributed by atoms with Gasteiger partial charge in [-0.15, -0.1) is 0 Å². The maximum atomic E-state index is 11.7. The molecule has 1 aromatic rings. The molecule has 0 heterocycles. The molecule has 1 rings (SSSR count). The molecular weight excluding hydrogens is 242 g/mol. The van der Waals surface area contributed by atoms with Gasteiger partial charge in [-0.1, -0.05) is 12.1 Å². The number of nitrogens with one attached hydrogen (secondary N) is 1. The molecule has 1 N–H and O–H groups in total. The predicted molar refractivity (Wildman–Crippen MR) is 76.3 cm³/mol. The predicted octanol–water partition coefficient (Wildman–Crippen LogP) is 1.72. The van der Waals surface area contributed by atoms with Crippen LogP contribution in [0.1, 0.15) is 11.1 Å². The number of anilines is 1. The van der Waals surface area contributed by atoms with Crippen LogP contribution in [0.15, 0.2) is 18.2 Å². The van der Waals surface area contributed by atoms with E-state index in [4.69, 9.17) is 0 Å². The van der Waals surface area contributed by atoms with Crippen LogP contribution in [0.25, 0.3) is 0 Å². The van der Waals surface area contributed by atoms with Gasteiger partial charge in [0.25, 0.3) is 0 Å². The topological polar surface area (TPSA) is 52.7 Å². The van der Waals surface area contributed by atoms with Crippen LogP contribution in [0.3, 0.4) is 0 Å². The van der Waals surface area contributed by atoms with Crippen LogP contribution in [0.2, 0.25) is 0 Å². The Hall–Kier alpha value is -2.04. The van der Waals surface area contributed by atoms with Crippen molar-refractivity contribution in [3.63, 3.8) is 0 Å². The lowest BCUT2D eigenvalue weighted by Gasteiger charge is -2.15. The molecule has 5 nitrogen and oxygen atoms in total. The summed E-state index contributed by atoms with van der Waals surface area (Å²) in [7, 11) is 6.82. The van der Waals surface area contributed by atoms with E-state index in [0.29, 0.717) is 6.42 Å². The van der Waals surface area contributed by atoms with Crippen molar-refractivity contribution in [3.8, 4) is 0 Å². The molecule has 0 atom stereocenters. The van der Waals surface area contributed by atoms with Gasteiger partial charge in [-0.25, -0.2) is 4.79 Å². The van der Waals surface area contributed by atoms with Crippen molar-refractivity contribution in [1.82, 2.24) is 9.80 Å². The monoisotopic (exact) mass is 263 g/mol. The summed E-state index contributed by atoms with van der Waals surface area (Å²) in [5.74, 6) is 0.0359. The van der Waals surface area contributed by atoms with Gasteiger partial charge in [0.1, 0.15) is 0 Å². The Morgan fingerprint density at radius 3 is 2.26 bits per heavy atom. The van der Waals surface area contributed by atoms with Crippen LogP contribution in [-0.4, -0.2) is 49.9 Å². The summed E-state index contributed by atoms with van der Waals surface area (Å²) in [6.07, 6.45) is 0.331. The summed E-state index contributed by atoms with van der Waals surface area (Å²) >= 11 is 0. The quantitative estimate of drug-likeness (QED) is 0.902. The van der Waals surface area contributed by atoms with Gasteiger partial charge in [0.15, 0.2) is 0 Å². The number of aryl methyl sites for hydroxylation is 1. The average Bonchev–Trinajstić information content (AvgIpc) is 2.32. The van der Waals surface area contributed by atoms with E-state index < -0.39 is 0 Å². The standard InChI is InChI=1S/C14H21N3O2/c1-10-6-7-11(9-13(18)16(2)3)8-12(10)15-14(19)17(4)5/h6-8H,9H2,1-5H3,(H,15,19). The van der Waals surface area contributed by atoms with Crippen molar-refractivity contribution in [3.05, 3.63) is 29.3 Å². The van der Waals surface area contributed by atoms with E-state index >= 15 is 0 Å². The van der Waals surface area contributed by atoms with Crippen LogP contribution in [0, 0.1) is 6.92 Å². The molecular formula is C14H21N3O2. The summed E-state index contributed by atoms with van der Waals surface area (Å²) in [6.45, 7) is 1.92. The van der Waals surface area contributed by atoms with Crippen molar-refractivity contribution in [2.75, 3.05) is 33.5 Å². The van der Waals surface area contributed by atoms with Gasteiger partial charge >= 0.3 is 6.03 Å². The van der Waals surface area contributed by atoms with E-state index in [-0.39, 0.29) is 11.9 Å². The molecule has 0 radical (unpaired) electrons. The van der Waals surface area contributed by atoms with Crippen LogP contribution >= 0.6 is 0 Å². The first-order chi connectivity index (χ1) is 8.81. The van der Waals surface area contributed by atoms with Crippen LogP contribution in [0.4, 0.5) is 10.5 Å². The SMILES string of the molecule is Cc1ccc(CC(=O)N(C)C)cc1NC(=O)N(C)C. The number of benzene rings is 1. The molecule has 19 heavy (non-hydrogen) atoms. The molecule has 0 saturated carbocycles. The first-order valence-corrected chi connectivity index (χ1v) is 6.09. The summed E-state index contributed by atoms with van der Waals surface area (Å²) in [4.78, 5) is 26.3. The number of carbonyl (C=O) groups is 2. The summed E-state index contributed by atoms with van der Waals surface area (Å²) < 4.78 is 0. The lowest BCUT2D eigenvalue weighted by atomic mass is 10.1. The molecule has 0 unspecified atom stereocenters. The van der Waals surface area contributed by atoms with Crippen LogP contribution < -0.4 is 5.32 Å². The number of hydrogen-bond donors (Lipinski definition) is 1. The second-order valence-corrected chi connectivity index (χ2v) is 4.94. The van der Waals surface area contributed by atoms with Crippen LogP contribution in [0.5, 0.6) is 0 Å². The van der Waals surface area contributed by atoms with Crippen molar-refractivity contribution in [2.24, 2.45) is 0 Å². The normalized spacial score (nSPS) is 9.95. The number of nitrogens with zero attached hydrogens (tertiary/aromatic N) is 2. The highest BCUT2D eigenvalue weighted by Gasteiger charge is 2.10. The zero-order valence-corrected chi connectivity index (χ0v) is 12.2. The maximum Gasteiger partial charge on any atom is 0.321 e. The van der Waals surface area contributed by atoms with E-state index in [1.165, 1.54) is 4.90 Å². The maximum absolute atomic E-state index is 11.7. The Kier molecular flexibility index (Phi) is 4.92. The lowest BCUT2D eigenvalue weighted by molar-refractivity contribution is -0.127. The largest absolute Gasteiger partial charge is 0.349 e. The molecule has 0 saturated heterocycles. The summed E-state index contributed by atoms with van der Waals surface area (Å²) in [6, 6.07) is 5.48. The van der Waals surface area contributed by atoms with Crippen LogP contribution in [-0.2, 0) is 11.2 Å². The van der Waals surface area contributed by atoms with Crippen molar-refractivity contribution < 1.29 is 9.59 Å². The Bertz CT molecular complexity index is 482. The average molecular weight is 263 g/mol. The van der Waals surface area contributed by atoms with Crippen molar-refractivity contribution in [2.45, 2.75) is 13.3 Å². The Labute approximate surface area is 114 Å². The first kappa shape index (κ1) is 15.0. The highest BCUT2D eigenvalue weighted by Crippen LogP contribution is 2.18. The fourth-order valence-corrected chi connectivity index (χ4v) is 1.47. The summed E-state index contributed by atoms with van der Waals surface area (Å²) in [5.41, 5.74) is 2.59. The molecule has 0 fully saturated rings. The number of hydrogen-bond acceptors (Lipinski definition) is 2. The third kappa shape index (κ3) is 4.28. The summed E-state index contributed by atoms with van der Waals surface area (Å²) in [5, 5.41) is 2.81. The highest BCUT2D eigenvalue weighted by atomic mass is 16.2. The van der Waals surface area contributed by atoms with Gasteiger partial charge in [0, 0.05) is 33.9 Å². The highest BCUT2D eigenvalue weighted by molar-refractivity contribution is 5.90. The number of amides is 3. The minimum atomic E-state index is -0.181. The molecule has 1 aromatic carbocycles. The van der Waals surface area contributed by atoms with E-state index in [9.17, 15) is 9.59 Å². The van der Waals surface area contributed by atoms with Gasteiger partial charge in [-0.2, -0.15) is 0 Å². The Morgan fingerprint density at radius 2 is 1.74 bits per heavy atom. The second kappa shape index (κ2) is 6.22. The number of rotatable bonds is 3.